The highest BCUT2D eigenvalue weighted by molar-refractivity contribution is 6.30. The number of hydrogen-bond donors (Lipinski definition) is 2. The van der Waals surface area contributed by atoms with Crippen LogP contribution in [0.1, 0.15) is 49.3 Å². The smallest absolute Gasteiger partial charge is 0.213 e. The van der Waals surface area contributed by atoms with E-state index in [9.17, 15) is 15.5 Å². The van der Waals surface area contributed by atoms with Crippen LogP contribution in [0, 0.1) is 11.3 Å². The van der Waals surface area contributed by atoms with E-state index in [1.54, 1.807) is 24.3 Å². The van der Waals surface area contributed by atoms with Gasteiger partial charge in [-0.3, -0.25) is 4.57 Å². The number of fused-ring (bicyclic) bond motifs is 6. The van der Waals surface area contributed by atoms with E-state index in [1.165, 1.54) is 10.8 Å². The van der Waals surface area contributed by atoms with Crippen LogP contribution < -0.4 is 4.74 Å². The highest BCUT2D eigenvalue weighted by Crippen LogP contribution is 2.66. The fourth-order valence-corrected chi connectivity index (χ4v) is 6.05. The number of benzene rings is 2. The van der Waals surface area contributed by atoms with E-state index < -0.39 is 11.2 Å². The Morgan fingerprint density at radius 3 is 2.47 bits per heavy atom. The largest absolute Gasteiger partial charge is 0.494 e. The number of aromatic hydroxyl groups is 2. The number of nitriles is 1. The number of ether oxygens (including phenoxy) is 2. The third-order valence-corrected chi connectivity index (χ3v) is 7.87. The van der Waals surface area contributed by atoms with Gasteiger partial charge < -0.3 is 19.7 Å². The highest BCUT2D eigenvalue weighted by Gasteiger charge is 2.62. The van der Waals surface area contributed by atoms with Gasteiger partial charge in [-0.25, -0.2) is 4.98 Å². The molecule has 0 saturated carbocycles. The molecule has 6 rings (SSSR count). The lowest BCUT2D eigenvalue weighted by Crippen LogP contribution is -2.26. The SMILES string of the molecule is CC[C@]12CC[C@](CCOc3ccc(Cl)cn3)(O1)c1c2c(O)n(-c2ccc(C#N)c3ccccc23)c1O. The predicted molar refractivity (Wildman–Crippen MR) is 135 cm³/mol. The van der Waals surface area contributed by atoms with Crippen molar-refractivity contribution < 1.29 is 19.7 Å². The number of rotatable bonds is 6. The molecule has 2 aliphatic rings. The summed E-state index contributed by atoms with van der Waals surface area (Å²) in [6.07, 6.45) is 4.11. The highest BCUT2D eigenvalue weighted by atomic mass is 35.5. The molecular formula is C28H24ClN3O4. The summed E-state index contributed by atoms with van der Waals surface area (Å²) in [5.41, 5.74) is 0.944. The van der Waals surface area contributed by atoms with Crippen molar-refractivity contribution in [3.05, 3.63) is 76.4 Å². The average molecular weight is 502 g/mol. The molecule has 0 amide bonds. The van der Waals surface area contributed by atoms with Crippen molar-refractivity contribution in [2.75, 3.05) is 6.61 Å². The molecule has 7 nitrogen and oxygen atoms in total. The molecule has 0 spiro atoms. The molecule has 2 aromatic heterocycles. The third kappa shape index (κ3) is 3.11. The summed E-state index contributed by atoms with van der Waals surface area (Å²) >= 11 is 5.92. The normalized spacial score (nSPS) is 22.0. The van der Waals surface area contributed by atoms with Crippen LogP contribution in [0.25, 0.3) is 16.5 Å². The molecule has 0 radical (unpaired) electrons. The maximum atomic E-state index is 11.6. The molecule has 36 heavy (non-hydrogen) atoms. The lowest BCUT2D eigenvalue weighted by Gasteiger charge is -2.26. The van der Waals surface area contributed by atoms with Gasteiger partial charge in [0.15, 0.2) is 0 Å². The van der Waals surface area contributed by atoms with Gasteiger partial charge in [-0.2, -0.15) is 5.26 Å². The first-order chi connectivity index (χ1) is 17.4. The minimum Gasteiger partial charge on any atom is -0.494 e. The number of nitrogens with zero attached hydrogens (tertiary/aromatic N) is 3. The van der Waals surface area contributed by atoms with Gasteiger partial charge in [-0.1, -0.05) is 42.8 Å². The van der Waals surface area contributed by atoms with Crippen molar-refractivity contribution in [2.24, 2.45) is 0 Å². The Bertz CT molecular complexity index is 1540. The Kier molecular flexibility index (Phi) is 5.15. The molecule has 0 aliphatic carbocycles. The van der Waals surface area contributed by atoms with Crippen molar-refractivity contribution >= 4 is 22.4 Å². The molecule has 1 saturated heterocycles. The van der Waals surface area contributed by atoms with Crippen LogP contribution in [0.2, 0.25) is 5.02 Å². The zero-order valence-corrected chi connectivity index (χ0v) is 20.4. The molecule has 4 heterocycles. The quantitative estimate of drug-likeness (QED) is 0.333. The first kappa shape index (κ1) is 22.7. The summed E-state index contributed by atoms with van der Waals surface area (Å²) in [4.78, 5) is 4.18. The van der Waals surface area contributed by atoms with Gasteiger partial charge in [0.1, 0.15) is 5.60 Å². The van der Waals surface area contributed by atoms with E-state index in [1.807, 2.05) is 31.2 Å². The Morgan fingerprint density at radius 2 is 1.78 bits per heavy atom. The lowest BCUT2D eigenvalue weighted by atomic mass is 9.76. The molecule has 0 unspecified atom stereocenters. The van der Waals surface area contributed by atoms with Crippen LogP contribution in [0.5, 0.6) is 17.6 Å². The molecule has 2 aromatic carbocycles. The third-order valence-electron chi connectivity index (χ3n) is 7.65. The van der Waals surface area contributed by atoms with E-state index in [0.717, 1.165) is 17.2 Å². The molecular weight excluding hydrogens is 478 g/mol. The molecule has 1 fully saturated rings. The van der Waals surface area contributed by atoms with Gasteiger partial charge in [-0.05, 0) is 37.5 Å². The van der Waals surface area contributed by atoms with Crippen molar-refractivity contribution in [3.63, 3.8) is 0 Å². The van der Waals surface area contributed by atoms with Crippen LogP contribution in [0.3, 0.4) is 0 Å². The minimum atomic E-state index is -0.785. The zero-order valence-electron chi connectivity index (χ0n) is 19.7. The van der Waals surface area contributed by atoms with Crippen LogP contribution in [0.4, 0.5) is 0 Å². The molecule has 4 aromatic rings. The maximum Gasteiger partial charge on any atom is 0.213 e. The monoisotopic (exact) mass is 501 g/mol. The minimum absolute atomic E-state index is 0.0268. The topological polar surface area (TPSA) is 101 Å². The summed E-state index contributed by atoms with van der Waals surface area (Å²) in [6.45, 7) is 2.35. The van der Waals surface area contributed by atoms with Gasteiger partial charge in [0, 0.05) is 29.5 Å². The summed E-state index contributed by atoms with van der Waals surface area (Å²) in [6, 6.07) is 16.6. The van der Waals surface area contributed by atoms with Gasteiger partial charge in [0.25, 0.3) is 0 Å². The van der Waals surface area contributed by atoms with Crippen LogP contribution in [0.15, 0.2) is 54.7 Å². The average Bonchev–Trinajstić information content (AvgIpc) is 3.51. The number of pyridine rings is 1. The van der Waals surface area contributed by atoms with Gasteiger partial charge in [0.2, 0.25) is 17.6 Å². The first-order valence-electron chi connectivity index (χ1n) is 12.0. The van der Waals surface area contributed by atoms with E-state index in [2.05, 4.69) is 11.1 Å². The van der Waals surface area contributed by atoms with Gasteiger partial charge in [0.05, 0.1) is 45.7 Å². The number of aromatic nitrogens is 2. The molecule has 2 N–H and O–H groups in total. The fourth-order valence-electron chi connectivity index (χ4n) is 5.94. The van der Waals surface area contributed by atoms with E-state index >= 15 is 0 Å². The number of halogens is 1. The summed E-state index contributed by atoms with van der Waals surface area (Å²) < 4.78 is 14.0. The maximum absolute atomic E-state index is 11.6. The standard InChI is InChI=1S/C28H24ClN3O4/c1-2-27-11-12-28(36-27,13-14-35-22-10-8-18(29)16-31-22)24-23(27)25(33)32(26(24)34)21-9-7-17(15-30)19-5-3-4-6-20(19)21/h3-10,16,33-34H,2,11-14H2,1H3/t27-,28-/m1/s1. The van der Waals surface area contributed by atoms with Crippen LogP contribution in [-0.4, -0.2) is 26.4 Å². The Labute approximate surface area is 213 Å². The summed E-state index contributed by atoms with van der Waals surface area (Å²) in [5.74, 6) is 0.389. The molecule has 2 atom stereocenters. The van der Waals surface area contributed by atoms with Crippen molar-refractivity contribution in [2.45, 2.75) is 43.8 Å². The van der Waals surface area contributed by atoms with E-state index in [0.29, 0.717) is 59.1 Å². The van der Waals surface area contributed by atoms with Crippen LogP contribution in [-0.2, 0) is 15.9 Å². The first-order valence-corrected chi connectivity index (χ1v) is 12.4. The number of hydrogen-bond acceptors (Lipinski definition) is 6. The molecule has 182 valence electrons. The van der Waals surface area contributed by atoms with Crippen molar-refractivity contribution in [3.8, 4) is 29.4 Å². The van der Waals surface area contributed by atoms with E-state index in [4.69, 9.17) is 21.1 Å². The lowest BCUT2D eigenvalue weighted by molar-refractivity contribution is -0.0987. The van der Waals surface area contributed by atoms with Crippen molar-refractivity contribution in [1.29, 1.82) is 5.26 Å². The second-order valence-corrected chi connectivity index (χ2v) is 9.82. The van der Waals surface area contributed by atoms with E-state index in [-0.39, 0.29) is 11.8 Å². The Morgan fingerprint density at radius 1 is 1.06 bits per heavy atom. The van der Waals surface area contributed by atoms with Gasteiger partial charge >= 0.3 is 0 Å². The van der Waals surface area contributed by atoms with Crippen LogP contribution >= 0.6 is 11.6 Å². The fraction of sp³-hybridized carbons (Fsp3) is 0.286. The Balaban J connectivity index is 1.45. The second-order valence-electron chi connectivity index (χ2n) is 9.38. The summed E-state index contributed by atoms with van der Waals surface area (Å²) in [5, 5.41) is 34.8. The molecule has 2 bridgehead atoms. The summed E-state index contributed by atoms with van der Waals surface area (Å²) in [7, 11) is 0. The van der Waals surface area contributed by atoms with Gasteiger partial charge in [-0.15, -0.1) is 0 Å². The Hall–Kier alpha value is -3.73. The molecule has 2 aliphatic heterocycles. The molecule has 8 heteroatoms. The zero-order chi connectivity index (χ0) is 25.1. The van der Waals surface area contributed by atoms with Crippen molar-refractivity contribution in [1.82, 2.24) is 9.55 Å². The predicted octanol–water partition coefficient (Wildman–Crippen LogP) is 6.06. The second kappa shape index (κ2) is 8.16.